The van der Waals surface area contributed by atoms with E-state index in [9.17, 15) is 18.0 Å². The molecule has 2 amide bonds. The monoisotopic (exact) mass is 377 g/mol. The van der Waals surface area contributed by atoms with E-state index in [1.54, 1.807) is 36.2 Å². The van der Waals surface area contributed by atoms with Gasteiger partial charge in [0.05, 0.1) is 11.3 Å². The lowest BCUT2D eigenvalue weighted by Crippen LogP contribution is -2.43. The minimum absolute atomic E-state index is 0.0408. The van der Waals surface area contributed by atoms with Crippen LogP contribution in [0.25, 0.3) is 0 Å². The van der Waals surface area contributed by atoms with E-state index in [0.29, 0.717) is 32.5 Å². The van der Waals surface area contributed by atoms with Crippen LogP contribution in [0, 0.1) is 5.92 Å². The van der Waals surface area contributed by atoms with E-state index >= 15 is 0 Å². The first-order valence-electron chi connectivity index (χ1n) is 8.63. The van der Waals surface area contributed by atoms with Crippen molar-refractivity contribution in [3.8, 4) is 0 Å². The molecule has 1 aromatic carbocycles. The van der Waals surface area contributed by atoms with Crippen molar-refractivity contribution in [1.82, 2.24) is 9.62 Å². The first kappa shape index (κ1) is 18.6. The molecule has 0 saturated carbocycles. The molecule has 0 unspecified atom stereocenters. The lowest BCUT2D eigenvalue weighted by molar-refractivity contribution is -0.125. The van der Waals surface area contributed by atoms with Crippen LogP contribution in [0.1, 0.15) is 18.4 Å². The van der Waals surface area contributed by atoms with Crippen molar-refractivity contribution in [2.24, 2.45) is 5.92 Å². The van der Waals surface area contributed by atoms with E-state index in [2.05, 4.69) is 11.9 Å². The SMILES string of the molecule is C=CCNC(=O)C1CCN(S(=O)(=O)c2ccc3c(c2)CC(=O)N3C)CC1. The zero-order chi connectivity index (χ0) is 18.9. The summed E-state index contributed by atoms with van der Waals surface area (Å²) < 4.78 is 27.2. The Morgan fingerprint density at radius 2 is 2.04 bits per heavy atom. The molecular weight excluding hydrogens is 354 g/mol. The highest BCUT2D eigenvalue weighted by atomic mass is 32.2. The van der Waals surface area contributed by atoms with E-state index in [1.165, 1.54) is 4.31 Å². The van der Waals surface area contributed by atoms with Crippen molar-refractivity contribution in [3.05, 3.63) is 36.4 Å². The number of fused-ring (bicyclic) bond motifs is 1. The lowest BCUT2D eigenvalue weighted by Gasteiger charge is -2.30. The van der Waals surface area contributed by atoms with Crippen LogP contribution >= 0.6 is 0 Å². The largest absolute Gasteiger partial charge is 0.352 e. The number of piperidine rings is 1. The number of likely N-dealkylation sites (N-methyl/N-ethyl adjacent to an activating group) is 1. The molecule has 3 rings (SSSR count). The molecule has 0 bridgehead atoms. The summed E-state index contributed by atoms with van der Waals surface area (Å²) in [6.07, 6.45) is 2.83. The van der Waals surface area contributed by atoms with Gasteiger partial charge in [-0.05, 0) is 36.6 Å². The third-order valence-electron chi connectivity index (χ3n) is 5.01. The van der Waals surface area contributed by atoms with E-state index in [0.717, 1.165) is 11.3 Å². The zero-order valence-electron chi connectivity index (χ0n) is 14.8. The van der Waals surface area contributed by atoms with Crippen LogP contribution in [0.4, 0.5) is 5.69 Å². The van der Waals surface area contributed by atoms with Gasteiger partial charge in [-0.2, -0.15) is 4.31 Å². The molecule has 0 spiro atoms. The van der Waals surface area contributed by atoms with Crippen molar-refractivity contribution in [2.45, 2.75) is 24.2 Å². The minimum atomic E-state index is -3.63. The molecule has 26 heavy (non-hydrogen) atoms. The Labute approximate surface area is 153 Å². The molecule has 0 atom stereocenters. The van der Waals surface area contributed by atoms with Crippen molar-refractivity contribution in [2.75, 3.05) is 31.6 Å². The highest BCUT2D eigenvalue weighted by Crippen LogP contribution is 2.31. The number of benzene rings is 1. The molecule has 0 radical (unpaired) electrons. The Kier molecular flexibility index (Phi) is 5.15. The molecule has 140 valence electrons. The van der Waals surface area contributed by atoms with Gasteiger partial charge in [0, 0.05) is 38.3 Å². The van der Waals surface area contributed by atoms with Crippen molar-refractivity contribution < 1.29 is 18.0 Å². The first-order chi connectivity index (χ1) is 12.3. The second-order valence-electron chi connectivity index (χ2n) is 6.63. The van der Waals surface area contributed by atoms with Crippen LogP contribution < -0.4 is 10.2 Å². The van der Waals surface area contributed by atoms with Gasteiger partial charge >= 0.3 is 0 Å². The molecule has 8 heteroatoms. The second-order valence-corrected chi connectivity index (χ2v) is 8.57. The highest BCUT2D eigenvalue weighted by molar-refractivity contribution is 7.89. The van der Waals surface area contributed by atoms with Gasteiger partial charge in [-0.1, -0.05) is 6.08 Å². The Morgan fingerprint density at radius 1 is 1.35 bits per heavy atom. The number of sulfonamides is 1. The third kappa shape index (κ3) is 3.39. The Bertz CT molecular complexity index is 842. The molecule has 1 aromatic rings. The number of hydrogen-bond donors (Lipinski definition) is 1. The Hall–Kier alpha value is -2.19. The molecule has 1 N–H and O–H groups in total. The van der Waals surface area contributed by atoms with Crippen LogP contribution in [-0.4, -0.2) is 51.2 Å². The molecule has 2 aliphatic rings. The predicted molar refractivity (Wildman–Crippen MR) is 98.2 cm³/mol. The normalized spacial score (nSPS) is 18.7. The number of amides is 2. The van der Waals surface area contributed by atoms with E-state index in [-0.39, 0.29) is 29.0 Å². The first-order valence-corrected chi connectivity index (χ1v) is 10.1. The summed E-state index contributed by atoms with van der Waals surface area (Å²) in [6.45, 7) is 4.60. The lowest BCUT2D eigenvalue weighted by atomic mass is 9.97. The van der Waals surface area contributed by atoms with Gasteiger partial charge in [0.2, 0.25) is 21.8 Å². The Balaban J connectivity index is 1.71. The van der Waals surface area contributed by atoms with Crippen LogP contribution in [-0.2, 0) is 26.0 Å². The van der Waals surface area contributed by atoms with Crippen molar-refractivity contribution in [1.29, 1.82) is 0 Å². The number of nitrogens with one attached hydrogen (secondary N) is 1. The summed E-state index contributed by atoms with van der Waals surface area (Å²) in [5.41, 5.74) is 1.49. The zero-order valence-corrected chi connectivity index (χ0v) is 15.6. The van der Waals surface area contributed by atoms with Crippen LogP contribution in [0.15, 0.2) is 35.7 Å². The maximum atomic E-state index is 12.9. The minimum Gasteiger partial charge on any atom is -0.352 e. The number of hydrogen-bond acceptors (Lipinski definition) is 4. The average Bonchev–Trinajstić information content (AvgIpc) is 2.93. The fourth-order valence-electron chi connectivity index (χ4n) is 3.43. The van der Waals surface area contributed by atoms with Gasteiger partial charge in [-0.15, -0.1) is 6.58 Å². The predicted octanol–water partition coefficient (Wildman–Crippen LogP) is 0.908. The molecular formula is C18H23N3O4S. The molecule has 2 aliphatic heterocycles. The topological polar surface area (TPSA) is 86.8 Å². The summed E-state index contributed by atoms with van der Waals surface area (Å²) in [7, 11) is -1.94. The smallest absolute Gasteiger partial charge is 0.243 e. The number of carbonyl (C=O) groups is 2. The maximum Gasteiger partial charge on any atom is 0.243 e. The highest BCUT2D eigenvalue weighted by Gasteiger charge is 2.33. The quantitative estimate of drug-likeness (QED) is 0.773. The molecule has 0 aromatic heterocycles. The van der Waals surface area contributed by atoms with Crippen LogP contribution in [0.2, 0.25) is 0 Å². The van der Waals surface area contributed by atoms with E-state index in [1.807, 2.05) is 0 Å². The van der Waals surface area contributed by atoms with Crippen molar-refractivity contribution >= 4 is 27.5 Å². The Morgan fingerprint density at radius 3 is 2.69 bits per heavy atom. The van der Waals surface area contributed by atoms with Gasteiger partial charge in [0.1, 0.15) is 0 Å². The molecule has 2 heterocycles. The van der Waals surface area contributed by atoms with Crippen molar-refractivity contribution in [3.63, 3.8) is 0 Å². The number of anilines is 1. The standard InChI is InChI=1S/C18H23N3O4S/c1-3-8-19-18(23)13-6-9-21(10-7-13)26(24,25)15-4-5-16-14(11-15)12-17(22)20(16)2/h3-5,11,13H,1,6-10,12H2,2H3,(H,19,23). The second kappa shape index (κ2) is 7.20. The summed E-state index contributed by atoms with van der Waals surface area (Å²) >= 11 is 0. The summed E-state index contributed by atoms with van der Waals surface area (Å²) in [5.74, 6) is -0.269. The summed E-state index contributed by atoms with van der Waals surface area (Å²) in [6, 6.07) is 4.82. The average molecular weight is 377 g/mol. The summed E-state index contributed by atoms with van der Waals surface area (Å²) in [5, 5.41) is 2.76. The van der Waals surface area contributed by atoms with E-state index in [4.69, 9.17) is 0 Å². The van der Waals surface area contributed by atoms with Gasteiger partial charge < -0.3 is 10.2 Å². The molecule has 1 saturated heterocycles. The van der Waals surface area contributed by atoms with Gasteiger partial charge in [-0.3, -0.25) is 9.59 Å². The fraction of sp³-hybridized carbons (Fsp3) is 0.444. The van der Waals surface area contributed by atoms with Crippen LogP contribution in [0.3, 0.4) is 0 Å². The van der Waals surface area contributed by atoms with Gasteiger partial charge in [-0.25, -0.2) is 8.42 Å². The summed E-state index contributed by atoms with van der Waals surface area (Å²) in [4.78, 5) is 25.5. The third-order valence-corrected chi connectivity index (χ3v) is 6.91. The number of carbonyl (C=O) groups excluding carboxylic acids is 2. The van der Waals surface area contributed by atoms with Crippen LogP contribution in [0.5, 0.6) is 0 Å². The fourth-order valence-corrected chi connectivity index (χ4v) is 4.95. The number of nitrogens with zero attached hydrogens (tertiary/aromatic N) is 2. The molecule has 7 nitrogen and oxygen atoms in total. The van der Waals surface area contributed by atoms with Gasteiger partial charge in [0.25, 0.3) is 0 Å². The van der Waals surface area contributed by atoms with Gasteiger partial charge in [0.15, 0.2) is 0 Å². The van der Waals surface area contributed by atoms with E-state index < -0.39 is 10.0 Å². The number of rotatable bonds is 5. The maximum absolute atomic E-state index is 12.9. The molecule has 0 aliphatic carbocycles. The molecule has 1 fully saturated rings.